The Hall–Kier alpha value is -1.73. The highest BCUT2D eigenvalue weighted by Gasteiger charge is 2.22. The van der Waals surface area contributed by atoms with Crippen molar-refractivity contribution in [2.24, 2.45) is 7.05 Å². The monoisotopic (exact) mass is 294 g/mol. The molecule has 0 saturated heterocycles. The Morgan fingerprint density at radius 3 is 2.67 bits per heavy atom. The molecule has 2 rings (SSSR count). The highest BCUT2D eigenvalue weighted by Crippen LogP contribution is 2.27. The Morgan fingerprint density at radius 1 is 1.29 bits per heavy atom. The fraction of sp³-hybridized carbons (Fsp3) is 0.643. The predicted octanol–water partition coefficient (Wildman–Crippen LogP) is 1.73. The quantitative estimate of drug-likeness (QED) is 0.724. The van der Waals surface area contributed by atoms with Gasteiger partial charge in [-0.1, -0.05) is 5.16 Å². The summed E-state index contributed by atoms with van der Waals surface area (Å²) in [6.45, 7) is 7.46. The second kappa shape index (κ2) is 6.82. The van der Waals surface area contributed by atoms with E-state index in [4.69, 9.17) is 14.0 Å². The fourth-order valence-corrected chi connectivity index (χ4v) is 2.35. The number of aromatic nitrogens is 4. The Labute approximate surface area is 124 Å². The first-order valence-electron chi connectivity index (χ1n) is 6.93. The largest absolute Gasteiger partial charge is 0.382 e. The summed E-state index contributed by atoms with van der Waals surface area (Å²) in [6.07, 6.45) is 0. The molecule has 0 fully saturated rings. The zero-order valence-corrected chi connectivity index (χ0v) is 13.2. The van der Waals surface area contributed by atoms with E-state index < -0.39 is 0 Å². The van der Waals surface area contributed by atoms with Gasteiger partial charge in [-0.3, -0.25) is 4.68 Å². The van der Waals surface area contributed by atoms with Gasteiger partial charge >= 0.3 is 0 Å². The van der Waals surface area contributed by atoms with Gasteiger partial charge in [0.1, 0.15) is 6.61 Å². The van der Waals surface area contributed by atoms with Crippen molar-refractivity contribution in [3.05, 3.63) is 28.7 Å². The maximum atomic E-state index is 5.38. The molecule has 2 aromatic rings. The Morgan fingerprint density at radius 2 is 2.05 bits per heavy atom. The van der Waals surface area contributed by atoms with E-state index in [0.29, 0.717) is 31.5 Å². The molecule has 0 aliphatic rings. The van der Waals surface area contributed by atoms with E-state index in [1.807, 2.05) is 32.5 Å². The molecule has 0 bridgehead atoms. The number of nitrogens with zero attached hydrogens (tertiary/aromatic N) is 4. The van der Waals surface area contributed by atoms with Crippen LogP contribution in [0.5, 0.6) is 0 Å². The second-order valence-corrected chi connectivity index (χ2v) is 5.02. The van der Waals surface area contributed by atoms with Gasteiger partial charge in [0, 0.05) is 25.4 Å². The van der Waals surface area contributed by atoms with Gasteiger partial charge in [0.25, 0.3) is 0 Å². The maximum Gasteiger partial charge on any atom is 0.234 e. The van der Waals surface area contributed by atoms with Crippen molar-refractivity contribution < 1.29 is 14.0 Å². The van der Waals surface area contributed by atoms with Crippen LogP contribution in [0.2, 0.25) is 0 Å². The van der Waals surface area contributed by atoms with E-state index in [0.717, 1.165) is 17.0 Å². The molecule has 1 unspecified atom stereocenters. The topological polar surface area (TPSA) is 75.2 Å². The summed E-state index contributed by atoms with van der Waals surface area (Å²) in [5, 5.41) is 8.37. The lowest BCUT2D eigenvalue weighted by Gasteiger charge is -2.07. The molecule has 0 N–H and O–H groups in total. The van der Waals surface area contributed by atoms with E-state index in [1.54, 1.807) is 7.11 Å². The summed E-state index contributed by atoms with van der Waals surface area (Å²) in [5.74, 6) is 1.14. The van der Waals surface area contributed by atoms with Gasteiger partial charge in [0.05, 0.1) is 24.8 Å². The Balaban J connectivity index is 2.06. The molecule has 0 aromatic carbocycles. The third-order valence-corrected chi connectivity index (χ3v) is 3.52. The van der Waals surface area contributed by atoms with Crippen LogP contribution in [0.1, 0.15) is 41.5 Å². The average molecular weight is 294 g/mol. The van der Waals surface area contributed by atoms with Crippen molar-refractivity contribution in [2.45, 2.75) is 33.3 Å². The molecule has 116 valence electrons. The first-order chi connectivity index (χ1) is 10.0. The van der Waals surface area contributed by atoms with E-state index in [2.05, 4.69) is 15.2 Å². The number of rotatable bonds is 7. The van der Waals surface area contributed by atoms with Crippen LogP contribution in [0.25, 0.3) is 0 Å². The Bertz CT molecular complexity index is 591. The second-order valence-electron chi connectivity index (χ2n) is 5.02. The lowest BCUT2D eigenvalue weighted by Crippen LogP contribution is -2.03. The summed E-state index contributed by atoms with van der Waals surface area (Å²) in [4.78, 5) is 4.40. The molecule has 0 saturated carbocycles. The van der Waals surface area contributed by atoms with Crippen molar-refractivity contribution in [3.63, 3.8) is 0 Å². The van der Waals surface area contributed by atoms with Crippen LogP contribution < -0.4 is 0 Å². The fourth-order valence-electron chi connectivity index (χ4n) is 2.35. The van der Waals surface area contributed by atoms with Crippen LogP contribution in [0.4, 0.5) is 0 Å². The smallest absolute Gasteiger partial charge is 0.234 e. The third-order valence-electron chi connectivity index (χ3n) is 3.52. The van der Waals surface area contributed by atoms with Gasteiger partial charge in [0.15, 0.2) is 5.82 Å². The minimum atomic E-state index is 0.0129. The molecular formula is C14H22N4O3. The van der Waals surface area contributed by atoms with E-state index in [-0.39, 0.29) is 5.92 Å². The molecule has 21 heavy (non-hydrogen) atoms. The van der Waals surface area contributed by atoms with E-state index in [9.17, 15) is 0 Å². The molecule has 0 amide bonds. The highest BCUT2D eigenvalue weighted by atomic mass is 16.5. The zero-order valence-electron chi connectivity index (χ0n) is 13.2. The van der Waals surface area contributed by atoms with Crippen LogP contribution in [-0.2, 0) is 23.1 Å². The van der Waals surface area contributed by atoms with Crippen LogP contribution in [0, 0.1) is 13.8 Å². The molecule has 7 nitrogen and oxygen atoms in total. The van der Waals surface area contributed by atoms with Crippen LogP contribution in [0.15, 0.2) is 4.52 Å². The van der Waals surface area contributed by atoms with E-state index in [1.165, 1.54) is 0 Å². The van der Waals surface area contributed by atoms with Crippen molar-refractivity contribution in [2.75, 3.05) is 20.3 Å². The van der Waals surface area contributed by atoms with Crippen LogP contribution in [-0.4, -0.2) is 40.2 Å². The molecular weight excluding hydrogens is 272 g/mol. The molecule has 0 aliphatic carbocycles. The van der Waals surface area contributed by atoms with Gasteiger partial charge in [-0.25, -0.2) is 0 Å². The number of ether oxygens (including phenoxy) is 2. The van der Waals surface area contributed by atoms with Gasteiger partial charge in [-0.05, 0) is 20.8 Å². The Kier molecular flexibility index (Phi) is 5.08. The van der Waals surface area contributed by atoms with Crippen molar-refractivity contribution in [3.8, 4) is 0 Å². The molecule has 0 spiro atoms. The minimum absolute atomic E-state index is 0.0129. The molecule has 2 heterocycles. The number of aryl methyl sites for hydroxylation is 2. The maximum absolute atomic E-state index is 5.38. The summed E-state index contributed by atoms with van der Waals surface area (Å²) >= 11 is 0. The van der Waals surface area contributed by atoms with Crippen molar-refractivity contribution in [1.29, 1.82) is 0 Å². The number of hydrogen-bond acceptors (Lipinski definition) is 6. The number of methoxy groups -OCH3 is 1. The van der Waals surface area contributed by atoms with Crippen molar-refractivity contribution >= 4 is 0 Å². The zero-order chi connectivity index (χ0) is 15.4. The lowest BCUT2D eigenvalue weighted by molar-refractivity contribution is 0.0577. The standard InChI is InChI=1S/C14H22N4O3/c1-9(13-10(2)16-18(4)11(13)3)14-15-12(17-21-14)8-20-7-6-19-5/h9H,6-8H2,1-5H3. The highest BCUT2D eigenvalue weighted by molar-refractivity contribution is 5.31. The van der Waals surface area contributed by atoms with E-state index >= 15 is 0 Å². The first-order valence-corrected chi connectivity index (χ1v) is 6.93. The third kappa shape index (κ3) is 3.48. The molecule has 1 atom stereocenters. The predicted molar refractivity (Wildman–Crippen MR) is 76.0 cm³/mol. The van der Waals surface area contributed by atoms with Crippen LogP contribution >= 0.6 is 0 Å². The van der Waals surface area contributed by atoms with Crippen LogP contribution in [0.3, 0.4) is 0 Å². The summed E-state index contributed by atoms with van der Waals surface area (Å²) in [6, 6.07) is 0. The minimum Gasteiger partial charge on any atom is -0.382 e. The summed E-state index contributed by atoms with van der Waals surface area (Å²) in [7, 11) is 3.57. The SMILES string of the molecule is COCCOCc1noc(C(C)c2c(C)nn(C)c2C)n1. The van der Waals surface area contributed by atoms with Gasteiger partial charge in [0.2, 0.25) is 5.89 Å². The molecule has 0 aliphatic heterocycles. The summed E-state index contributed by atoms with van der Waals surface area (Å²) in [5.41, 5.74) is 3.22. The lowest BCUT2D eigenvalue weighted by atomic mass is 9.99. The number of hydrogen-bond donors (Lipinski definition) is 0. The molecule has 7 heteroatoms. The molecule has 2 aromatic heterocycles. The molecule has 0 radical (unpaired) electrons. The summed E-state index contributed by atoms with van der Waals surface area (Å²) < 4.78 is 17.5. The van der Waals surface area contributed by atoms with Gasteiger partial charge in [-0.2, -0.15) is 10.1 Å². The van der Waals surface area contributed by atoms with Gasteiger partial charge in [-0.15, -0.1) is 0 Å². The van der Waals surface area contributed by atoms with Crippen molar-refractivity contribution in [1.82, 2.24) is 19.9 Å². The normalized spacial score (nSPS) is 12.8. The first kappa shape index (κ1) is 15.7. The average Bonchev–Trinajstić information content (AvgIpc) is 3.01. The van der Waals surface area contributed by atoms with Gasteiger partial charge < -0.3 is 14.0 Å².